The molecular weight excluding hydrogens is 354 g/mol. The lowest BCUT2D eigenvalue weighted by Crippen LogP contribution is -2.30. The Morgan fingerprint density at radius 1 is 0.704 bits per heavy atom. The lowest BCUT2D eigenvalue weighted by molar-refractivity contribution is 0.0651. The van der Waals surface area contributed by atoms with Crippen LogP contribution in [0.25, 0.3) is 10.8 Å². The molecule has 0 bridgehead atoms. The van der Waals surface area contributed by atoms with Gasteiger partial charge in [-0.3, -0.25) is 14.5 Å². The van der Waals surface area contributed by atoms with E-state index in [1.165, 1.54) is 20.6 Å². The molecule has 0 unspecified atom stereocenters. The van der Waals surface area contributed by atoms with Crippen LogP contribution >= 0.6 is 11.8 Å². The molecule has 27 heavy (non-hydrogen) atoms. The zero-order chi connectivity index (χ0) is 18.6. The summed E-state index contributed by atoms with van der Waals surface area (Å²) in [5.74, 6) is 0.734. The van der Waals surface area contributed by atoms with E-state index in [4.69, 9.17) is 0 Å². The standard InChI is InChI=1S/C23H21NO2S/c25-22-19-12-4-5-13-20(19)23(26)24(22)15-6-1-7-16-27-21-14-8-10-17-9-2-3-11-18(17)21/h2-5,8-14H,1,6-7,15-16H2. The van der Waals surface area contributed by atoms with Gasteiger partial charge in [-0.15, -0.1) is 11.8 Å². The zero-order valence-corrected chi connectivity index (χ0v) is 15.9. The highest BCUT2D eigenvalue weighted by Crippen LogP contribution is 2.28. The van der Waals surface area contributed by atoms with Crippen molar-refractivity contribution in [3.8, 4) is 0 Å². The minimum atomic E-state index is -0.152. The summed E-state index contributed by atoms with van der Waals surface area (Å²) >= 11 is 1.88. The number of amides is 2. The summed E-state index contributed by atoms with van der Waals surface area (Å²) in [5, 5.41) is 2.57. The molecule has 0 saturated carbocycles. The molecule has 0 spiro atoms. The Morgan fingerprint density at radius 2 is 1.37 bits per heavy atom. The first-order chi connectivity index (χ1) is 13.3. The highest BCUT2D eigenvalue weighted by atomic mass is 32.2. The number of thioether (sulfide) groups is 1. The quantitative estimate of drug-likeness (QED) is 0.315. The average molecular weight is 375 g/mol. The van der Waals surface area contributed by atoms with E-state index in [0.29, 0.717) is 17.7 Å². The third kappa shape index (κ3) is 3.62. The lowest BCUT2D eigenvalue weighted by Gasteiger charge is -2.13. The van der Waals surface area contributed by atoms with Crippen molar-refractivity contribution in [3.63, 3.8) is 0 Å². The SMILES string of the molecule is O=C1c2ccccc2C(=O)N1CCCCCSc1cccc2ccccc12. The fourth-order valence-corrected chi connectivity index (χ4v) is 4.58. The van der Waals surface area contributed by atoms with Gasteiger partial charge in [-0.25, -0.2) is 0 Å². The zero-order valence-electron chi connectivity index (χ0n) is 15.1. The summed E-state index contributed by atoms with van der Waals surface area (Å²) in [7, 11) is 0. The van der Waals surface area contributed by atoms with Gasteiger partial charge in [0.15, 0.2) is 0 Å². The summed E-state index contributed by atoms with van der Waals surface area (Å²) in [5.41, 5.74) is 1.07. The smallest absolute Gasteiger partial charge is 0.261 e. The second kappa shape index (κ2) is 7.97. The first-order valence-electron chi connectivity index (χ1n) is 9.31. The van der Waals surface area contributed by atoms with Gasteiger partial charge in [0.05, 0.1) is 11.1 Å². The van der Waals surface area contributed by atoms with Gasteiger partial charge in [-0.05, 0) is 47.6 Å². The number of rotatable bonds is 7. The van der Waals surface area contributed by atoms with Gasteiger partial charge in [0.25, 0.3) is 11.8 Å². The van der Waals surface area contributed by atoms with Crippen LogP contribution in [0, 0.1) is 0 Å². The molecule has 1 aliphatic rings. The molecule has 0 aromatic heterocycles. The van der Waals surface area contributed by atoms with Crippen LogP contribution in [-0.2, 0) is 0 Å². The predicted molar refractivity (Wildman–Crippen MR) is 110 cm³/mol. The maximum absolute atomic E-state index is 12.3. The van der Waals surface area contributed by atoms with Gasteiger partial charge in [-0.2, -0.15) is 0 Å². The minimum Gasteiger partial charge on any atom is -0.274 e. The number of hydrogen-bond donors (Lipinski definition) is 0. The Bertz CT molecular complexity index is 958. The molecule has 2 amide bonds. The lowest BCUT2D eigenvalue weighted by atomic mass is 10.1. The van der Waals surface area contributed by atoms with Crippen molar-refractivity contribution in [3.05, 3.63) is 77.9 Å². The van der Waals surface area contributed by atoms with Crippen LogP contribution in [0.5, 0.6) is 0 Å². The first kappa shape index (κ1) is 17.8. The number of nitrogens with zero attached hydrogens (tertiary/aromatic N) is 1. The molecule has 0 saturated heterocycles. The number of fused-ring (bicyclic) bond motifs is 2. The van der Waals surface area contributed by atoms with E-state index in [1.54, 1.807) is 24.3 Å². The summed E-state index contributed by atoms with van der Waals surface area (Å²) in [6.45, 7) is 0.505. The number of unbranched alkanes of at least 4 members (excludes halogenated alkanes) is 2. The van der Waals surface area contributed by atoms with E-state index in [0.717, 1.165) is 25.0 Å². The third-order valence-corrected chi connectivity index (χ3v) is 6.07. The van der Waals surface area contributed by atoms with Crippen LogP contribution in [0.4, 0.5) is 0 Å². The molecule has 0 atom stereocenters. The number of imide groups is 1. The van der Waals surface area contributed by atoms with E-state index >= 15 is 0 Å². The topological polar surface area (TPSA) is 37.4 Å². The fourth-order valence-electron chi connectivity index (χ4n) is 3.49. The second-order valence-corrected chi connectivity index (χ2v) is 7.83. The van der Waals surface area contributed by atoms with Gasteiger partial charge < -0.3 is 0 Å². The van der Waals surface area contributed by atoms with Crippen molar-refractivity contribution < 1.29 is 9.59 Å². The van der Waals surface area contributed by atoms with Crippen molar-refractivity contribution in [2.45, 2.75) is 24.2 Å². The largest absolute Gasteiger partial charge is 0.274 e. The van der Waals surface area contributed by atoms with Crippen molar-refractivity contribution >= 4 is 34.3 Å². The predicted octanol–water partition coefficient (Wildman–Crippen LogP) is 5.40. The summed E-state index contributed by atoms with van der Waals surface area (Å²) < 4.78 is 0. The van der Waals surface area contributed by atoms with Gasteiger partial charge >= 0.3 is 0 Å². The fraction of sp³-hybridized carbons (Fsp3) is 0.217. The molecular formula is C23H21NO2S. The van der Waals surface area contributed by atoms with E-state index in [2.05, 4.69) is 42.5 Å². The van der Waals surface area contributed by atoms with Gasteiger partial charge in [-0.1, -0.05) is 55.0 Å². The summed E-state index contributed by atoms with van der Waals surface area (Å²) in [6, 6.07) is 21.9. The molecule has 136 valence electrons. The molecule has 0 N–H and O–H groups in total. The second-order valence-electron chi connectivity index (χ2n) is 6.69. The number of carbonyl (C=O) groups is 2. The molecule has 3 nitrogen and oxygen atoms in total. The van der Waals surface area contributed by atoms with Crippen molar-refractivity contribution in [2.75, 3.05) is 12.3 Å². The van der Waals surface area contributed by atoms with Gasteiger partial charge in [0.1, 0.15) is 0 Å². The number of benzene rings is 3. The Labute approximate surface area is 163 Å². The Balaban J connectivity index is 1.25. The van der Waals surface area contributed by atoms with Crippen molar-refractivity contribution in [1.82, 2.24) is 4.90 Å². The van der Waals surface area contributed by atoms with Crippen LogP contribution < -0.4 is 0 Å². The monoisotopic (exact) mass is 375 g/mol. The van der Waals surface area contributed by atoms with E-state index in [9.17, 15) is 9.59 Å². The normalized spacial score (nSPS) is 13.4. The highest BCUT2D eigenvalue weighted by Gasteiger charge is 2.34. The van der Waals surface area contributed by atoms with Crippen LogP contribution in [0.3, 0.4) is 0 Å². The molecule has 1 heterocycles. The molecule has 3 aromatic carbocycles. The first-order valence-corrected chi connectivity index (χ1v) is 10.3. The minimum absolute atomic E-state index is 0.152. The van der Waals surface area contributed by atoms with Gasteiger partial charge in [0, 0.05) is 11.4 Å². The molecule has 3 aromatic rings. The molecule has 4 rings (SSSR count). The molecule has 4 heteroatoms. The number of hydrogen-bond acceptors (Lipinski definition) is 3. The highest BCUT2D eigenvalue weighted by molar-refractivity contribution is 7.99. The number of carbonyl (C=O) groups excluding carboxylic acids is 2. The maximum Gasteiger partial charge on any atom is 0.261 e. The third-order valence-electron chi connectivity index (χ3n) is 4.91. The van der Waals surface area contributed by atoms with Crippen LogP contribution in [0.1, 0.15) is 40.0 Å². The summed E-state index contributed by atoms with van der Waals surface area (Å²) in [6.07, 6.45) is 2.92. The van der Waals surface area contributed by atoms with Crippen LogP contribution in [0.2, 0.25) is 0 Å². The Kier molecular flexibility index (Phi) is 5.26. The molecule has 1 aliphatic heterocycles. The maximum atomic E-state index is 12.3. The van der Waals surface area contributed by atoms with Crippen LogP contribution in [0.15, 0.2) is 71.6 Å². The van der Waals surface area contributed by atoms with Crippen molar-refractivity contribution in [2.24, 2.45) is 0 Å². The summed E-state index contributed by atoms with van der Waals surface area (Å²) in [4.78, 5) is 27.4. The van der Waals surface area contributed by atoms with E-state index in [1.807, 2.05) is 11.8 Å². The molecule has 0 fully saturated rings. The molecule has 0 radical (unpaired) electrons. The van der Waals surface area contributed by atoms with Crippen molar-refractivity contribution in [1.29, 1.82) is 0 Å². The Morgan fingerprint density at radius 3 is 2.15 bits per heavy atom. The Hall–Kier alpha value is -2.59. The average Bonchev–Trinajstić information content (AvgIpc) is 2.95. The van der Waals surface area contributed by atoms with Gasteiger partial charge in [0.2, 0.25) is 0 Å². The molecule has 0 aliphatic carbocycles. The van der Waals surface area contributed by atoms with E-state index < -0.39 is 0 Å². The van der Waals surface area contributed by atoms with Crippen LogP contribution in [-0.4, -0.2) is 29.0 Å². The van der Waals surface area contributed by atoms with E-state index in [-0.39, 0.29) is 11.8 Å².